The molecule has 2 fully saturated rings. The van der Waals surface area contributed by atoms with Crippen molar-refractivity contribution < 1.29 is 14.7 Å². The average Bonchev–Trinajstić information content (AvgIpc) is 2.32. The van der Waals surface area contributed by atoms with Crippen LogP contribution in [0, 0.1) is 5.41 Å². The highest BCUT2D eigenvalue weighted by Crippen LogP contribution is 2.43. The number of carboxylic acids is 1. The van der Waals surface area contributed by atoms with Crippen molar-refractivity contribution in [2.24, 2.45) is 5.41 Å². The number of likely N-dealkylation sites (tertiary alicyclic amines) is 1. The zero-order valence-electron chi connectivity index (χ0n) is 11.7. The Balaban J connectivity index is 1.83. The molecule has 0 radical (unpaired) electrons. The number of hydrogen-bond acceptors (Lipinski definition) is 2. The van der Waals surface area contributed by atoms with E-state index in [1.807, 2.05) is 4.90 Å². The van der Waals surface area contributed by atoms with Gasteiger partial charge in [0.05, 0.1) is 6.42 Å². The number of aliphatic carboxylic acids is 1. The fourth-order valence-electron chi connectivity index (χ4n) is 3.18. The SMILES string of the molecule is CC1CCCCN1C(=O)NCC1(CC(=O)O)CCC1. The Morgan fingerprint density at radius 3 is 2.58 bits per heavy atom. The van der Waals surface area contributed by atoms with Gasteiger partial charge in [0.2, 0.25) is 0 Å². The van der Waals surface area contributed by atoms with Crippen LogP contribution in [0.2, 0.25) is 0 Å². The summed E-state index contributed by atoms with van der Waals surface area (Å²) in [5.41, 5.74) is -0.194. The minimum absolute atomic E-state index is 0.0242. The molecular weight excluding hydrogens is 244 g/mol. The van der Waals surface area contributed by atoms with Crippen LogP contribution in [0.5, 0.6) is 0 Å². The van der Waals surface area contributed by atoms with E-state index in [1.54, 1.807) is 0 Å². The van der Waals surface area contributed by atoms with E-state index >= 15 is 0 Å². The Bertz CT molecular complexity index is 353. The van der Waals surface area contributed by atoms with Gasteiger partial charge in [0, 0.05) is 19.1 Å². The third-order valence-electron chi connectivity index (χ3n) is 4.62. The van der Waals surface area contributed by atoms with Gasteiger partial charge < -0.3 is 15.3 Å². The molecular formula is C14H24N2O3. The highest BCUT2D eigenvalue weighted by Gasteiger charge is 2.39. The molecule has 1 heterocycles. The van der Waals surface area contributed by atoms with E-state index in [0.29, 0.717) is 12.6 Å². The molecule has 0 aromatic heterocycles. The van der Waals surface area contributed by atoms with E-state index in [0.717, 1.165) is 38.6 Å². The lowest BCUT2D eigenvalue weighted by Gasteiger charge is -2.42. The van der Waals surface area contributed by atoms with Gasteiger partial charge in [0.25, 0.3) is 0 Å². The summed E-state index contributed by atoms with van der Waals surface area (Å²) in [7, 11) is 0. The molecule has 0 aromatic rings. The van der Waals surface area contributed by atoms with Crippen LogP contribution in [0.15, 0.2) is 0 Å². The van der Waals surface area contributed by atoms with Crippen molar-refractivity contribution in [1.82, 2.24) is 10.2 Å². The number of carboxylic acid groups (broad SMARTS) is 1. The molecule has 2 rings (SSSR count). The van der Waals surface area contributed by atoms with E-state index in [-0.39, 0.29) is 17.9 Å². The number of urea groups is 1. The van der Waals surface area contributed by atoms with Crippen molar-refractivity contribution in [2.45, 2.75) is 57.9 Å². The minimum atomic E-state index is -0.764. The first kappa shape index (κ1) is 14.2. The van der Waals surface area contributed by atoms with Crippen LogP contribution in [0.3, 0.4) is 0 Å². The van der Waals surface area contributed by atoms with Crippen molar-refractivity contribution in [3.8, 4) is 0 Å². The Kier molecular flexibility index (Phi) is 4.32. The second kappa shape index (κ2) is 5.80. The molecule has 5 heteroatoms. The lowest BCUT2D eigenvalue weighted by atomic mass is 9.66. The van der Waals surface area contributed by atoms with Gasteiger partial charge in [-0.1, -0.05) is 6.42 Å². The number of amides is 2. The number of hydrogen-bond donors (Lipinski definition) is 2. The molecule has 1 atom stereocenters. The van der Waals surface area contributed by atoms with E-state index in [1.165, 1.54) is 6.42 Å². The minimum Gasteiger partial charge on any atom is -0.481 e. The molecule has 1 unspecified atom stereocenters. The maximum Gasteiger partial charge on any atom is 0.317 e. The molecule has 5 nitrogen and oxygen atoms in total. The zero-order valence-corrected chi connectivity index (χ0v) is 11.7. The molecule has 0 aromatic carbocycles. The summed E-state index contributed by atoms with van der Waals surface area (Å²) in [6.07, 6.45) is 6.38. The summed E-state index contributed by atoms with van der Waals surface area (Å²) >= 11 is 0. The van der Waals surface area contributed by atoms with Crippen LogP contribution in [0.1, 0.15) is 51.9 Å². The lowest BCUT2D eigenvalue weighted by Crippen LogP contribution is -2.51. The fraction of sp³-hybridized carbons (Fsp3) is 0.857. The number of rotatable bonds is 4. The summed E-state index contributed by atoms with van der Waals surface area (Å²) in [5.74, 6) is -0.764. The van der Waals surface area contributed by atoms with Crippen LogP contribution in [0.25, 0.3) is 0 Å². The number of piperidine rings is 1. The number of carbonyl (C=O) groups excluding carboxylic acids is 1. The monoisotopic (exact) mass is 268 g/mol. The molecule has 1 saturated heterocycles. The Labute approximate surface area is 114 Å². The molecule has 19 heavy (non-hydrogen) atoms. The zero-order chi connectivity index (χ0) is 13.9. The van der Waals surface area contributed by atoms with Crippen molar-refractivity contribution in [1.29, 1.82) is 0 Å². The third-order valence-corrected chi connectivity index (χ3v) is 4.62. The second-order valence-electron chi connectivity index (χ2n) is 6.12. The molecule has 2 amide bonds. The van der Waals surface area contributed by atoms with Crippen LogP contribution < -0.4 is 5.32 Å². The molecule has 108 valence electrons. The molecule has 1 aliphatic heterocycles. The third kappa shape index (κ3) is 3.39. The molecule has 2 aliphatic rings. The Hall–Kier alpha value is -1.26. The smallest absolute Gasteiger partial charge is 0.317 e. The van der Waals surface area contributed by atoms with Gasteiger partial charge in [-0.05, 0) is 44.4 Å². The fourth-order valence-corrected chi connectivity index (χ4v) is 3.18. The molecule has 0 spiro atoms. The van der Waals surface area contributed by atoms with Gasteiger partial charge in [-0.25, -0.2) is 4.79 Å². The standard InChI is InChI=1S/C14H24N2O3/c1-11-5-2-3-8-16(11)13(19)15-10-14(6-4-7-14)9-12(17)18/h11H,2-10H2,1H3,(H,15,19)(H,17,18). The van der Waals surface area contributed by atoms with Gasteiger partial charge in [-0.15, -0.1) is 0 Å². The first-order chi connectivity index (χ1) is 9.02. The molecule has 0 bridgehead atoms. The quantitative estimate of drug-likeness (QED) is 0.821. The van der Waals surface area contributed by atoms with Crippen LogP contribution >= 0.6 is 0 Å². The lowest BCUT2D eigenvalue weighted by molar-refractivity contribution is -0.141. The van der Waals surface area contributed by atoms with Crippen LogP contribution in [-0.4, -0.2) is 41.1 Å². The maximum absolute atomic E-state index is 12.1. The van der Waals surface area contributed by atoms with E-state index in [9.17, 15) is 9.59 Å². The summed E-state index contributed by atoms with van der Waals surface area (Å²) < 4.78 is 0. The molecule has 1 saturated carbocycles. The van der Waals surface area contributed by atoms with Gasteiger partial charge >= 0.3 is 12.0 Å². The predicted octanol–water partition coefficient (Wildman–Crippen LogP) is 2.22. The van der Waals surface area contributed by atoms with Crippen LogP contribution in [0.4, 0.5) is 4.79 Å². The average molecular weight is 268 g/mol. The van der Waals surface area contributed by atoms with E-state index in [4.69, 9.17) is 5.11 Å². The topological polar surface area (TPSA) is 69.6 Å². The van der Waals surface area contributed by atoms with Crippen LogP contribution in [-0.2, 0) is 4.79 Å². The number of carbonyl (C=O) groups is 2. The number of nitrogens with one attached hydrogen (secondary N) is 1. The first-order valence-corrected chi connectivity index (χ1v) is 7.29. The second-order valence-corrected chi connectivity index (χ2v) is 6.12. The first-order valence-electron chi connectivity index (χ1n) is 7.29. The summed E-state index contributed by atoms with van der Waals surface area (Å²) in [4.78, 5) is 24.9. The van der Waals surface area contributed by atoms with E-state index < -0.39 is 5.97 Å². The van der Waals surface area contributed by atoms with Crippen molar-refractivity contribution in [3.05, 3.63) is 0 Å². The van der Waals surface area contributed by atoms with E-state index in [2.05, 4.69) is 12.2 Å². The maximum atomic E-state index is 12.1. The van der Waals surface area contributed by atoms with Gasteiger partial charge in [0.1, 0.15) is 0 Å². The Morgan fingerprint density at radius 1 is 1.32 bits per heavy atom. The highest BCUT2D eigenvalue weighted by molar-refractivity contribution is 5.75. The van der Waals surface area contributed by atoms with Gasteiger partial charge in [0.15, 0.2) is 0 Å². The van der Waals surface area contributed by atoms with Gasteiger partial charge in [-0.2, -0.15) is 0 Å². The normalized spacial score (nSPS) is 25.5. The summed E-state index contributed by atoms with van der Waals surface area (Å²) in [6, 6.07) is 0.273. The molecule has 1 aliphatic carbocycles. The Morgan fingerprint density at radius 2 is 2.05 bits per heavy atom. The molecule has 2 N–H and O–H groups in total. The van der Waals surface area contributed by atoms with Crippen molar-refractivity contribution >= 4 is 12.0 Å². The largest absolute Gasteiger partial charge is 0.481 e. The predicted molar refractivity (Wildman–Crippen MR) is 72.0 cm³/mol. The number of nitrogens with zero attached hydrogens (tertiary/aromatic N) is 1. The summed E-state index contributed by atoms with van der Waals surface area (Å²) in [6.45, 7) is 3.40. The van der Waals surface area contributed by atoms with Crippen molar-refractivity contribution in [2.75, 3.05) is 13.1 Å². The van der Waals surface area contributed by atoms with Gasteiger partial charge in [-0.3, -0.25) is 4.79 Å². The summed E-state index contributed by atoms with van der Waals surface area (Å²) in [5, 5.41) is 11.9. The highest BCUT2D eigenvalue weighted by atomic mass is 16.4. The van der Waals surface area contributed by atoms with Crippen molar-refractivity contribution in [3.63, 3.8) is 0 Å².